The average molecular weight is 437 g/mol. The second-order valence-corrected chi connectivity index (χ2v) is 13.2. The summed E-state index contributed by atoms with van der Waals surface area (Å²) in [7, 11) is 0. The lowest BCUT2D eigenvalue weighted by atomic mass is 9.43. The van der Waals surface area contributed by atoms with Gasteiger partial charge in [0.05, 0.1) is 23.9 Å². The lowest BCUT2D eigenvalue weighted by Crippen LogP contribution is -2.62. The molecule has 4 fully saturated rings. The minimum Gasteiger partial charge on any atom is -0.393 e. The highest BCUT2D eigenvalue weighted by atomic mass is 16.3. The Hall–Kier alpha value is -0.160. The summed E-state index contributed by atoms with van der Waals surface area (Å²) >= 11 is 0. The van der Waals surface area contributed by atoms with Crippen molar-refractivity contribution in [3.05, 3.63) is 0 Å². The van der Waals surface area contributed by atoms with Crippen LogP contribution in [-0.2, 0) is 0 Å². The predicted molar refractivity (Wildman–Crippen MR) is 123 cm³/mol. The highest BCUT2D eigenvalue weighted by Gasteiger charge is 2.65. The molecule has 4 aliphatic rings. The summed E-state index contributed by atoms with van der Waals surface area (Å²) in [5.41, 5.74) is -0.583. The van der Waals surface area contributed by atoms with Gasteiger partial charge in [0.15, 0.2) is 0 Å². The third-order valence-corrected chi connectivity index (χ3v) is 11.0. The normalized spacial score (nSPS) is 51.0. The fourth-order valence-corrected chi connectivity index (χ4v) is 9.19. The Kier molecular flexibility index (Phi) is 6.38. The van der Waals surface area contributed by atoms with Crippen LogP contribution in [0.5, 0.6) is 0 Å². The summed E-state index contributed by atoms with van der Waals surface area (Å²) in [6.45, 7) is 10.8. The van der Waals surface area contributed by atoms with Gasteiger partial charge in [0.1, 0.15) is 0 Å². The first kappa shape index (κ1) is 24.0. The number of hydrogen-bond donors (Lipinski definition) is 4. The monoisotopic (exact) mass is 436 g/mol. The Morgan fingerprint density at radius 3 is 2.35 bits per heavy atom. The Morgan fingerprint density at radius 2 is 1.68 bits per heavy atom. The molecule has 0 aromatic rings. The molecule has 0 spiro atoms. The van der Waals surface area contributed by atoms with E-state index < -0.39 is 5.60 Å². The van der Waals surface area contributed by atoms with Crippen molar-refractivity contribution in [3.63, 3.8) is 0 Å². The maximum absolute atomic E-state index is 11.6. The molecular weight excluding hydrogens is 388 g/mol. The molecule has 0 heterocycles. The van der Waals surface area contributed by atoms with Crippen LogP contribution in [0.3, 0.4) is 0 Å². The summed E-state index contributed by atoms with van der Waals surface area (Å²) in [5, 5.41) is 43.3. The smallest absolute Gasteiger partial charge is 0.0602 e. The van der Waals surface area contributed by atoms with Crippen molar-refractivity contribution < 1.29 is 20.4 Å². The fourth-order valence-electron chi connectivity index (χ4n) is 9.19. The van der Waals surface area contributed by atoms with E-state index in [-0.39, 0.29) is 29.1 Å². The third-order valence-electron chi connectivity index (χ3n) is 11.0. The van der Waals surface area contributed by atoms with Gasteiger partial charge < -0.3 is 20.4 Å². The SMILES string of the molecule is C[C@H](CCCC(C)(C)O)[C@H]1CC[C@H]2[C@@H]3[C@H](O)C[C@@H]4C[C@H](O)CC[C@]4(C)[C@@H]3C[C@H](O)[C@]12C. The zero-order chi connectivity index (χ0) is 22.8. The van der Waals surface area contributed by atoms with E-state index in [0.29, 0.717) is 35.5 Å². The van der Waals surface area contributed by atoms with E-state index >= 15 is 0 Å². The molecule has 4 saturated carbocycles. The van der Waals surface area contributed by atoms with Crippen LogP contribution in [0.1, 0.15) is 98.8 Å². The summed E-state index contributed by atoms with van der Waals surface area (Å²) in [6.07, 6.45) is 8.73. The number of aliphatic hydroxyl groups excluding tert-OH is 3. The molecule has 4 N–H and O–H groups in total. The fraction of sp³-hybridized carbons (Fsp3) is 1.00. The molecule has 180 valence electrons. The largest absolute Gasteiger partial charge is 0.393 e. The van der Waals surface area contributed by atoms with Crippen LogP contribution in [0.25, 0.3) is 0 Å². The maximum atomic E-state index is 11.6. The first-order chi connectivity index (χ1) is 14.4. The van der Waals surface area contributed by atoms with E-state index in [1.54, 1.807) is 0 Å². The second kappa shape index (κ2) is 8.25. The third kappa shape index (κ3) is 4.02. The van der Waals surface area contributed by atoms with E-state index in [1.807, 2.05) is 13.8 Å². The Balaban J connectivity index is 1.54. The van der Waals surface area contributed by atoms with Gasteiger partial charge in [0.2, 0.25) is 0 Å². The Morgan fingerprint density at radius 1 is 0.968 bits per heavy atom. The topological polar surface area (TPSA) is 80.9 Å². The molecule has 0 aromatic carbocycles. The zero-order valence-electron chi connectivity index (χ0n) is 20.6. The summed E-state index contributed by atoms with van der Waals surface area (Å²) < 4.78 is 0. The first-order valence-corrected chi connectivity index (χ1v) is 13.1. The lowest BCUT2D eigenvalue weighted by molar-refractivity contribution is -0.207. The predicted octanol–water partition coefficient (Wildman–Crippen LogP) is 4.53. The van der Waals surface area contributed by atoms with Crippen molar-refractivity contribution in [1.82, 2.24) is 0 Å². The van der Waals surface area contributed by atoms with E-state index in [0.717, 1.165) is 64.2 Å². The van der Waals surface area contributed by atoms with Crippen molar-refractivity contribution >= 4 is 0 Å². The maximum Gasteiger partial charge on any atom is 0.0602 e. The molecule has 4 heteroatoms. The average Bonchev–Trinajstić information content (AvgIpc) is 3.01. The molecule has 31 heavy (non-hydrogen) atoms. The van der Waals surface area contributed by atoms with Crippen molar-refractivity contribution in [2.45, 2.75) is 123 Å². The molecule has 0 aliphatic heterocycles. The molecule has 0 unspecified atom stereocenters. The van der Waals surface area contributed by atoms with Gasteiger partial charge in [-0.05, 0) is 112 Å². The summed E-state index contributed by atoms with van der Waals surface area (Å²) in [5.74, 6) is 2.44. The van der Waals surface area contributed by atoms with Crippen LogP contribution >= 0.6 is 0 Å². The minimum atomic E-state index is -0.606. The summed E-state index contributed by atoms with van der Waals surface area (Å²) in [6, 6.07) is 0. The quantitative estimate of drug-likeness (QED) is 0.511. The van der Waals surface area contributed by atoms with Crippen molar-refractivity contribution in [2.24, 2.45) is 46.3 Å². The second-order valence-electron chi connectivity index (χ2n) is 13.2. The van der Waals surface area contributed by atoms with Crippen LogP contribution < -0.4 is 0 Å². The molecule has 4 nitrogen and oxygen atoms in total. The van der Waals surface area contributed by atoms with E-state index in [4.69, 9.17) is 0 Å². The van der Waals surface area contributed by atoms with Crippen LogP contribution in [0.15, 0.2) is 0 Å². The van der Waals surface area contributed by atoms with Crippen molar-refractivity contribution in [3.8, 4) is 0 Å². The van der Waals surface area contributed by atoms with Crippen molar-refractivity contribution in [1.29, 1.82) is 0 Å². The molecule has 4 aliphatic carbocycles. The van der Waals surface area contributed by atoms with Crippen molar-refractivity contribution in [2.75, 3.05) is 0 Å². The molecule has 0 radical (unpaired) electrons. The van der Waals surface area contributed by atoms with E-state index in [1.165, 1.54) is 0 Å². The van der Waals surface area contributed by atoms with Gasteiger partial charge in [-0.3, -0.25) is 0 Å². The molecule has 4 rings (SSSR count). The highest BCUT2D eigenvalue weighted by Crippen LogP contribution is 2.68. The summed E-state index contributed by atoms with van der Waals surface area (Å²) in [4.78, 5) is 0. The highest BCUT2D eigenvalue weighted by molar-refractivity contribution is 5.14. The number of rotatable bonds is 5. The Labute approximate surface area is 189 Å². The molecule has 0 amide bonds. The van der Waals surface area contributed by atoms with Crippen LogP contribution in [0.4, 0.5) is 0 Å². The number of fused-ring (bicyclic) bond motifs is 5. The molecule has 0 bridgehead atoms. The first-order valence-electron chi connectivity index (χ1n) is 13.1. The van der Waals surface area contributed by atoms with Crippen LogP contribution in [0.2, 0.25) is 0 Å². The van der Waals surface area contributed by atoms with E-state index in [9.17, 15) is 20.4 Å². The standard InChI is InChI=1S/C27H48O4/c1-16(7-6-11-25(2,3)31)19-8-9-20-24-21(15-23(30)27(19,20)5)26(4)12-10-18(28)13-17(26)14-22(24)29/h16-24,28-31H,6-15H2,1-5H3/t16-,17+,18-,19-,20+,21-,22-,23+,24+,26+,27-/m1/s1. The zero-order valence-corrected chi connectivity index (χ0v) is 20.6. The molecule has 0 saturated heterocycles. The molecule has 11 atom stereocenters. The number of aliphatic hydroxyl groups is 4. The van der Waals surface area contributed by atoms with Gasteiger partial charge in [0.25, 0.3) is 0 Å². The minimum absolute atomic E-state index is 0.117. The Bertz CT molecular complexity index is 644. The van der Waals surface area contributed by atoms with Gasteiger partial charge in [-0.2, -0.15) is 0 Å². The van der Waals surface area contributed by atoms with E-state index in [2.05, 4.69) is 20.8 Å². The van der Waals surface area contributed by atoms with Gasteiger partial charge in [0, 0.05) is 0 Å². The molecular formula is C27H48O4. The number of hydrogen-bond acceptors (Lipinski definition) is 4. The van der Waals surface area contributed by atoms with Gasteiger partial charge in [-0.15, -0.1) is 0 Å². The lowest BCUT2D eigenvalue weighted by Gasteiger charge is -2.63. The molecule has 0 aromatic heterocycles. The van der Waals surface area contributed by atoms with Gasteiger partial charge >= 0.3 is 0 Å². The van der Waals surface area contributed by atoms with Crippen LogP contribution in [-0.4, -0.2) is 44.3 Å². The van der Waals surface area contributed by atoms with Crippen LogP contribution in [0, 0.1) is 46.3 Å². The van der Waals surface area contributed by atoms with Gasteiger partial charge in [-0.1, -0.05) is 33.6 Å². The van der Waals surface area contributed by atoms with Gasteiger partial charge in [-0.25, -0.2) is 0 Å².